The van der Waals surface area contributed by atoms with Gasteiger partial charge in [0, 0.05) is 25.8 Å². The molecule has 2 amide bonds. The molecule has 0 fully saturated rings. The lowest BCUT2D eigenvalue weighted by Crippen LogP contribution is -2.43. The molecule has 2 aromatic heterocycles. The molecule has 10 heteroatoms. The van der Waals surface area contributed by atoms with Gasteiger partial charge in [0.05, 0.1) is 16.6 Å². The van der Waals surface area contributed by atoms with Crippen molar-refractivity contribution in [3.8, 4) is 0 Å². The number of anilines is 1. The molecule has 3 rings (SSSR count). The maximum Gasteiger partial charge on any atom is 0.332 e. The summed E-state index contributed by atoms with van der Waals surface area (Å²) in [4.78, 5) is 57.5. The van der Waals surface area contributed by atoms with Crippen LogP contribution in [0.5, 0.6) is 0 Å². The van der Waals surface area contributed by atoms with Crippen LogP contribution in [0.15, 0.2) is 39.9 Å². The van der Waals surface area contributed by atoms with Gasteiger partial charge in [-0.05, 0) is 39.0 Å². The zero-order valence-electron chi connectivity index (χ0n) is 18.3. The first-order valence-electron chi connectivity index (χ1n) is 10.1. The number of nitrogens with zero attached hydrogens (tertiary/aromatic N) is 4. The lowest BCUT2D eigenvalue weighted by atomic mass is 10.1. The maximum absolute atomic E-state index is 13.8. The fourth-order valence-corrected chi connectivity index (χ4v) is 3.49. The van der Waals surface area contributed by atoms with E-state index >= 15 is 0 Å². The third-order valence-electron chi connectivity index (χ3n) is 5.15. The molecule has 168 valence electrons. The Labute approximate surface area is 183 Å². The van der Waals surface area contributed by atoms with Gasteiger partial charge in [0.25, 0.3) is 11.5 Å². The highest BCUT2D eigenvalue weighted by atomic mass is 19.1. The summed E-state index contributed by atoms with van der Waals surface area (Å²) in [6, 6.07) is 7.05. The number of hydrogen-bond acceptors (Lipinski definition) is 5. The van der Waals surface area contributed by atoms with Gasteiger partial charge in [-0.15, -0.1) is 0 Å². The number of carbonyl (C=O) groups excluding carboxylic acids is 2. The lowest BCUT2D eigenvalue weighted by Gasteiger charge is -2.20. The highest BCUT2D eigenvalue weighted by Crippen LogP contribution is 2.16. The Kier molecular flexibility index (Phi) is 6.52. The zero-order chi connectivity index (χ0) is 23.6. The average Bonchev–Trinajstić information content (AvgIpc) is 2.77. The third kappa shape index (κ3) is 4.16. The normalized spacial score (nSPS) is 10.9. The van der Waals surface area contributed by atoms with E-state index in [1.165, 1.54) is 31.3 Å². The highest BCUT2D eigenvalue weighted by molar-refractivity contribution is 6.05. The molecule has 0 saturated heterocycles. The lowest BCUT2D eigenvalue weighted by molar-refractivity contribution is -0.116. The summed E-state index contributed by atoms with van der Waals surface area (Å²) in [5.74, 6) is -1.78. The van der Waals surface area contributed by atoms with Crippen LogP contribution in [-0.4, -0.2) is 43.9 Å². The first kappa shape index (κ1) is 22.9. The molecule has 1 N–H and O–H groups in total. The Balaban J connectivity index is 2.15. The molecule has 0 spiro atoms. The monoisotopic (exact) mass is 441 g/mol. The van der Waals surface area contributed by atoms with Crippen molar-refractivity contribution in [2.45, 2.75) is 27.3 Å². The number of benzene rings is 1. The second-order valence-electron chi connectivity index (χ2n) is 7.25. The second-order valence-corrected chi connectivity index (χ2v) is 7.25. The number of hydrogen-bond donors (Lipinski definition) is 1. The fourth-order valence-electron chi connectivity index (χ4n) is 3.49. The van der Waals surface area contributed by atoms with E-state index in [0.29, 0.717) is 23.4 Å². The number of fused-ring (bicyclic) bond motifs is 1. The van der Waals surface area contributed by atoms with Gasteiger partial charge in [-0.25, -0.2) is 14.2 Å². The molecule has 0 aliphatic rings. The molecule has 32 heavy (non-hydrogen) atoms. The van der Waals surface area contributed by atoms with Crippen molar-refractivity contribution in [2.24, 2.45) is 7.05 Å². The van der Waals surface area contributed by atoms with E-state index in [-0.39, 0.29) is 28.2 Å². The predicted molar refractivity (Wildman–Crippen MR) is 118 cm³/mol. The number of aromatic nitrogens is 3. The summed E-state index contributed by atoms with van der Waals surface area (Å²) in [7, 11) is 1.41. The van der Waals surface area contributed by atoms with Gasteiger partial charge in [-0.1, -0.05) is 12.1 Å². The van der Waals surface area contributed by atoms with Crippen LogP contribution in [0.25, 0.3) is 11.0 Å². The molecular formula is C22H24FN5O4. The Morgan fingerprint density at radius 3 is 2.44 bits per heavy atom. The predicted octanol–water partition coefficient (Wildman–Crippen LogP) is 1.66. The van der Waals surface area contributed by atoms with Gasteiger partial charge < -0.3 is 10.2 Å². The first-order valence-corrected chi connectivity index (χ1v) is 10.1. The van der Waals surface area contributed by atoms with E-state index in [1.807, 2.05) is 13.8 Å². The van der Waals surface area contributed by atoms with Gasteiger partial charge in [-0.3, -0.25) is 23.5 Å². The number of pyridine rings is 1. The summed E-state index contributed by atoms with van der Waals surface area (Å²) < 4.78 is 15.7. The van der Waals surface area contributed by atoms with Crippen molar-refractivity contribution in [3.63, 3.8) is 0 Å². The molecular weight excluding hydrogens is 417 g/mol. The molecule has 9 nitrogen and oxygen atoms in total. The van der Waals surface area contributed by atoms with E-state index < -0.39 is 29.5 Å². The molecule has 1 aromatic carbocycles. The number of rotatable bonds is 6. The van der Waals surface area contributed by atoms with Crippen molar-refractivity contribution < 1.29 is 14.0 Å². The van der Waals surface area contributed by atoms with Crippen LogP contribution >= 0.6 is 0 Å². The van der Waals surface area contributed by atoms with E-state index in [0.717, 1.165) is 4.57 Å². The molecule has 0 atom stereocenters. The van der Waals surface area contributed by atoms with E-state index in [2.05, 4.69) is 10.3 Å². The quantitative estimate of drug-likeness (QED) is 0.626. The van der Waals surface area contributed by atoms with Gasteiger partial charge in [0.15, 0.2) is 0 Å². The van der Waals surface area contributed by atoms with Crippen LogP contribution in [0, 0.1) is 12.7 Å². The molecule has 0 aliphatic carbocycles. The summed E-state index contributed by atoms with van der Waals surface area (Å²) in [6.07, 6.45) is 0. The zero-order valence-corrected chi connectivity index (χ0v) is 18.3. The minimum absolute atomic E-state index is 0.0479. The van der Waals surface area contributed by atoms with Crippen molar-refractivity contribution >= 4 is 28.5 Å². The molecule has 0 aliphatic heterocycles. The standard InChI is InChI=1S/C22H24FN5O4/c1-5-27(6-2)20(30)14-11-13(3)24-19-18(14)21(31)28(22(32)26(19)4)12-17(29)25-16-10-8-7-9-15(16)23/h7-11H,5-6,12H2,1-4H3,(H,25,29). The number of aryl methyl sites for hydroxylation is 2. The molecule has 0 radical (unpaired) electrons. The summed E-state index contributed by atoms with van der Waals surface area (Å²) in [6.45, 7) is 5.52. The Morgan fingerprint density at radius 2 is 1.81 bits per heavy atom. The van der Waals surface area contributed by atoms with Crippen LogP contribution < -0.4 is 16.6 Å². The fraction of sp³-hybridized carbons (Fsp3) is 0.318. The molecule has 0 saturated carbocycles. The first-order chi connectivity index (χ1) is 15.2. The Hall–Kier alpha value is -3.82. The third-order valence-corrected chi connectivity index (χ3v) is 5.15. The largest absolute Gasteiger partial charge is 0.339 e. The van der Waals surface area contributed by atoms with E-state index in [4.69, 9.17) is 0 Å². The summed E-state index contributed by atoms with van der Waals surface area (Å²) >= 11 is 0. The minimum atomic E-state index is -0.810. The van der Waals surface area contributed by atoms with Crippen molar-refractivity contribution in [1.82, 2.24) is 19.0 Å². The van der Waals surface area contributed by atoms with E-state index in [1.54, 1.807) is 17.9 Å². The van der Waals surface area contributed by atoms with Crippen LogP contribution in [0.3, 0.4) is 0 Å². The van der Waals surface area contributed by atoms with Crippen molar-refractivity contribution in [3.05, 3.63) is 68.2 Å². The van der Waals surface area contributed by atoms with Crippen molar-refractivity contribution in [1.29, 1.82) is 0 Å². The number of halogens is 1. The SMILES string of the molecule is CCN(CC)C(=O)c1cc(C)nc2c1c(=O)n(CC(=O)Nc1ccccc1F)c(=O)n2C. The summed E-state index contributed by atoms with van der Waals surface area (Å²) in [5.41, 5.74) is -1.02. The van der Waals surface area contributed by atoms with Gasteiger partial charge in [0.2, 0.25) is 5.91 Å². The summed E-state index contributed by atoms with van der Waals surface area (Å²) in [5, 5.41) is 2.30. The van der Waals surface area contributed by atoms with Gasteiger partial charge >= 0.3 is 5.69 Å². The molecule has 0 unspecified atom stereocenters. The van der Waals surface area contributed by atoms with Crippen LogP contribution in [0.4, 0.5) is 10.1 Å². The smallest absolute Gasteiger partial charge is 0.332 e. The van der Waals surface area contributed by atoms with E-state index in [9.17, 15) is 23.6 Å². The van der Waals surface area contributed by atoms with Crippen LogP contribution in [0.1, 0.15) is 29.9 Å². The minimum Gasteiger partial charge on any atom is -0.339 e. The van der Waals surface area contributed by atoms with Crippen LogP contribution in [-0.2, 0) is 18.4 Å². The average molecular weight is 441 g/mol. The maximum atomic E-state index is 13.8. The van der Waals surface area contributed by atoms with Crippen molar-refractivity contribution in [2.75, 3.05) is 18.4 Å². The Bertz CT molecular complexity index is 1320. The second kappa shape index (κ2) is 9.13. The number of carbonyl (C=O) groups is 2. The number of para-hydroxylation sites is 1. The van der Waals surface area contributed by atoms with Crippen LogP contribution in [0.2, 0.25) is 0 Å². The van der Waals surface area contributed by atoms with Gasteiger partial charge in [0.1, 0.15) is 18.0 Å². The topological polar surface area (TPSA) is 106 Å². The molecule has 3 aromatic rings. The molecule has 0 bridgehead atoms. The number of nitrogens with one attached hydrogen (secondary N) is 1. The number of amides is 2. The Morgan fingerprint density at radius 1 is 1.16 bits per heavy atom. The van der Waals surface area contributed by atoms with Gasteiger partial charge in [-0.2, -0.15) is 0 Å². The molecule has 2 heterocycles. The highest BCUT2D eigenvalue weighted by Gasteiger charge is 2.23.